The molecule has 22 heavy (non-hydrogen) atoms. The molecule has 6 nitrogen and oxygen atoms in total. The fourth-order valence-corrected chi connectivity index (χ4v) is 1.92. The van der Waals surface area contributed by atoms with Gasteiger partial charge in [-0.25, -0.2) is 5.43 Å². The van der Waals surface area contributed by atoms with Gasteiger partial charge in [-0.15, -0.1) is 0 Å². The summed E-state index contributed by atoms with van der Waals surface area (Å²) in [4.78, 5) is 26.5. The highest BCUT2D eigenvalue weighted by atomic mass is 16.2. The van der Waals surface area contributed by atoms with E-state index in [2.05, 4.69) is 20.8 Å². The molecular weight excluding hydrogens is 280 g/mol. The Bertz CT molecular complexity index is 714. The predicted molar refractivity (Wildman–Crippen MR) is 85.8 cm³/mol. The van der Waals surface area contributed by atoms with Crippen LogP contribution in [0.15, 0.2) is 35.4 Å². The summed E-state index contributed by atoms with van der Waals surface area (Å²) in [5.41, 5.74) is 6.64. The summed E-state index contributed by atoms with van der Waals surface area (Å²) in [5.74, 6) is -1.58. The minimum atomic E-state index is -0.818. The highest BCUT2D eigenvalue weighted by molar-refractivity contribution is 6.39. The summed E-state index contributed by atoms with van der Waals surface area (Å²) >= 11 is 0. The average Bonchev–Trinajstić information content (AvgIpc) is 2.79. The van der Waals surface area contributed by atoms with E-state index in [0.29, 0.717) is 5.69 Å². The fraction of sp³-hybridized carbons (Fsp3) is 0.188. The summed E-state index contributed by atoms with van der Waals surface area (Å²) in [6.45, 7) is 5.77. The molecule has 2 rings (SSSR count). The van der Waals surface area contributed by atoms with Gasteiger partial charge < -0.3 is 10.3 Å². The smallest absolute Gasteiger partial charge is 0.329 e. The summed E-state index contributed by atoms with van der Waals surface area (Å²) in [7, 11) is 0. The molecule has 2 amide bonds. The highest BCUT2D eigenvalue weighted by Crippen LogP contribution is 2.08. The van der Waals surface area contributed by atoms with Gasteiger partial charge in [0, 0.05) is 22.6 Å². The first-order valence-corrected chi connectivity index (χ1v) is 6.83. The lowest BCUT2D eigenvalue weighted by Crippen LogP contribution is -2.32. The van der Waals surface area contributed by atoms with Crippen LogP contribution < -0.4 is 10.7 Å². The summed E-state index contributed by atoms with van der Waals surface area (Å²) in [6.07, 6.45) is 1.50. The molecule has 0 unspecified atom stereocenters. The van der Waals surface area contributed by atoms with Crippen molar-refractivity contribution in [3.63, 3.8) is 0 Å². The number of aryl methyl sites for hydroxylation is 3. The molecule has 0 atom stereocenters. The Morgan fingerprint density at radius 2 is 1.77 bits per heavy atom. The number of H-pyrrole nitrogens is 1. The van der Waals surface area contributed by atoms with Gasteiger partial charge in [0.15, 0.2) is 0 Å². The van der Waals surface area contributed by atoms with Crippen LogP contribution in [0.5, 0.6) is 0 Å². The number of benzene rings is 1. The van der Waals surface area contributed by atoms with Gasteiger partial charge >= 0.3 is 11.8 Å². The van der Waals surface area contributed by atoms with Crippen molar-refractivity contribution in [2.75, 3.05) is 5.32 Å². The molecule has 0 saturated heterocycles. The molecule has 0 aliphatic carbocycles. The molecule has 1 heterocycles. The molecule has 1 aromatic carbocycles. The number of hydrogen-bond donors (Lipinski definition) is 3. The Morgan fingerprint density at radius 1 is 1.09 bits per heavy atom. The summed E-state index contributed by atoms with van der Waals surface area (Å²) in [6, 6.07) is 9.06. The molecule has 0 spiro atoms. The fourth-order valence-electron chi connectivity index (χ4n) is 1.92. The van der Waals surface area contributed by atoms with Crippen LogP contribution in [-0.2, 0) is 9.59 Å². The number of aromatic amines is 1. The van der Waals surface area contributed by atoms with Crippen LogP contribution in [0.2, 0.25) is 0 Å². The van der Waals surface area contributed by atoms with E-state index in [1.165, 1.54) is 6.21 Å². The lowest BCUT2D eigenvalue weighted by molar-refractivity contribution is -0.136. The van der Waals surface area contributed by atoms with E-state index in [-0.39, 0.29) is 0 Å². The molecular formula is C16H18N4O2. The highest BCUT2D eigenvalue weighted by Gasteiger charge is 2.12. The van der Waals surface area contributed by atoms with Crippen molar-refractivity contribution in [1.29, 1.82) is 0 Å². The van der Waals surface area contributed by atoms with E-state index < -0.39 is 11.8 Å². The molecule has 0 bridgehead atoms. The first-order chi connectivity index (χ1) is 10.5. The number of nitrogens with zero attached hydrogens (tertiary/aromatic N) is 1. The third-order valence-corrected chi connectivity index (χ3v) is 3.08. The number of hydrogen-bond acceptors (Lipinski definition) is 3. The quantitative estimate of drug-likeness (QED) is 0.460. The number of amides is 2. The maximum atomic E-state index is 11.7. The molecule has 2 aromatic rings. The van der Waals surface area contributed by atoms with Crippen molar-refractivity contribution in [3.05, 3.63) is 52.8 Å². The standard InChI is InChI=1S/C16H18N4O2/c1-10-4-6-14(7-5-10)19-15(21)16(22)20-17-9-13-8-11(2)18-12(13)3/h4-9,18H,1-3H3,(H,19,21)(H,20,22)/b17-9+. The van der Waals surface area contributed by atoms with E-state index in [9.17, 15) is 9.59 Å². The largest absolute Gasteiger partial charge is 0.362 e. The van der Waals surface area contributed by atoms with E-state index >= 15 is 0 Å². The Kier molecular flexibility index (Phi) is 4.73. The zero-order chi connectivity index (χ0) is 16.1. The van der Waals surface area contributed by atoms with E-state index in [4.69, 9.17) is 0 Å². The number of hydrazone groups is 1. The Balaban J connectivity index is 1.90. The van der Waals surface area contributed by atoms with Gasteiger partial charge in [0.1, 0.15) is 0 Å². The lowest BCUT2D eigenvalue weighted by Gasteiger charge is -2.03. The number of anilines is 1. The maximum absolute atomic E-state index is 11.7. The maximum Gasteiger partial charge on any atom is 0.329 e. The van der Waals surface area contributed by atoms with Gasteiger partial charge in [0.05, 0.1) is 6.21 Å². The van der Waals surface area contributed by atoms with Crippen LogP contribution in [0.1, 0.15) is 22.5 Å². The van der Waals surface area contributed by atoms with Crippen LogP contribution in [0.4, 0.5) is 5.69 Å². The van der Waals surface area contributed by atoms with Crippen molar-refractivity contribution >= 4 is 23.7 Å². The topological polar surface area (TPSA) is 86.3 Å². The predicted octanol–water partition coefficient (Wildman–Crippen LogP) is 2.03. The minimum absolute atomic E-state index is 0.562. The van der Waals surface area contributed by atoms with Gasteiger partial charge in [-0.2, -0.15) is 5.10 Å². The van der Waals surface area contributed by atoms with Crippen molar-refractivity contribution in [2.24, 2.45) is 5.10 Å². The summed E-state index contributed by atoms with van der Waals surface area (Å²) < 4.78 is 0. The molecule has 114 valence electrons. The normalized spacial score (nSPS) is 10.7. The van der Waals surface area contributed by atoms with Crippen LogP contribution in [0.3, 0.4) is 0 Å². The van der Waals surface area contributed by atoms with Gasteiger partial charge in [-0.3, -0.25) is 9.59 Å². The van der Waals surface area contributed by atoms with Crippen molar-refractivity contribution in [1.82, 2.24) is 10.4 Å². The second-order valence-corrected chi connectivity index (χ2v) is 5.05. The molecule has 0 radical (unpaired) electrons. The van der Waals surface area contributed by atoms with E-state index in [0.717, 1.165) is 22.5 Å². The van der Waals surface area contributed by atoms with Gasteiger partial charge in [-0.1, -0.05) is 17.7 Å². The van der Waals surface area contributed by atoms with Gasteiger partial charge in [-0.05, 0) is 39.0 Å². The molecule has 0 aliphatic rings. The van der Waals surface area contributed by atoms with Crippen LogP contribution in [0, 0.1) is 20.8 Å². The SMILES string of the molecule is Cc1ccc(NC(=O)C(=O)N/N=C/c2cc(C)[nH]c2C)cc1. The molecule has 6 heteroatoms. The van der Waals surface area contributed by atoms with Gasteiger partial charge in [0.2, 0.25) is 0 Å². The number of carbonyl (C=O) groups excluding carboxylic acids is 2. The molecule has 0 saturated carbocycles. The summed E-state index contributed by atoms with van der Waals surface area (Å²) in [5, 5.41) is 6.29. The Morgan fingerprint density at radius 3 is 2.36 bits per heavy atom. The third-order valence-electron chi connectivity index (χ3n) is 3.08. The number of rotatable bonds is 3. The number of carbonyl (C=O) groups is 2. The Labute approximate surface area is 128 Å². The lowest BCUT2D eigenvalue weighted by atomic mass is 10.2. The number of aromatic nitrogens is 1. The van der Waals surface area contributed by atoms with Crippen LogP contribution in [-0.4, -0.2) is 23.0 Å². The molecule has 0 aliphatic heterocycles. The van der Waals surface area contributed by atoms with E-state index in [1.807, 2.05) is 39.0 Å². The monoisotopic (exact) mass is 298 g/mol. The first-order valence-electron chi connectivity index (χ1n) is 6.83. The molecule has 3 N–H and O–H groups in total. The van der Waals surface area contributed by atoms with E-state index in [1.54, 1.807) is 12.1 Å². The second-order valence-electron chi connectivity index (χ2n) is 5.05. The van der Waals surface area contributed by atoms with Crippen molar-refractivity contribution in [2.45, 2.75) is 20.8 Å². The number of nitrogens with one attached hydrogen (secondary N) is 3. The third kappa shape index (κ3) is 4.05. The minimum Gasteiger partial charge on any atom is -0.362 e. The van der Waals surface area contributed by atoms with Crippen molar-refractivity contribution < 1.29 is 9.59 Å². The molecule has 1 aromatic heterocycles. The van der Waals surface area contributed by atoms with Crippen LogP contribution in [0.25, 0.3) is 0 Å². The zero-order valence-corrected chi connectivity index (χ0v) is 12.7. The van der Waals surface area contributed by atoms with Crippen molar-refractivity contribution in [3.8, 4) is 0 Å². The van der Waals surface area contributed by atoms with Crippen LogP contribution >= 0.6 is 0 Å². The molecule has 0 fully saturated rings. The average molecular weight is 298 g/mol. The van der Waals surface area contributed by atoms with Gasteiger partial charge in [0.25, 0.3) is 0 Å². The Hall–Kier alpha value is -2.89. The first kappa shape index (κ1) is 15.5. The zero-order valence-electron chi connectivity index (χ0n) is 12.7. The second kappa shape index (κ2) is 6.71.